The lowest BCUT2D eigenvalue weighted by molar-refractivity contribution is 0.0527. The molecule has 0 saturated heterocycles. The average molecular weight is 278 g/mol. The van der Waals surface area contributed by atoms with Crippen LogP contribution in [0, 0.1) is 6.92 Å². The summed E-state index contributed by atoms with van der Waals surface area (Å²) in [6.07, 6.45) is 1.59. The smallest absolute Gasteiger partial charge is 0.407 e. The van der Waals surface area contributed by atoms with Gasteiger partial charge in [-0.05, 0) is 52.7 Å². The van der Waals surface area contributed by atoms with E-state index in [0.717, 1.165) is 25.1 Å². The summed E-state index contributed by atoms with van der Waals surface area (Å²) in [5.41, 5.74) is 1.96. The summed E-state index contributed by atoms with van der Waals surface area (Å²) < 4.78 is 5.16. The summed E-state index contributed by atoms with van der Waals surface area (Å²) in [7, 11) is 0. The molecule has 0 heterocycles. The van der Waals surface area contributed by atoms with Crippen LogP contribution in [-0.4, -0.2) is 24.8 Å². The van der Waals surface area contributed by atoms with Crippen molar-refractivity contribution in [2.75, 3.05) is 18.4 Å². The zero-order valence-electron chi connectivity index (χ0n) is 13.0. The third kappa shape index (κ3) is 7.67. The number of nitrogens with one attached hydrogen (secondary N) is 2. The predicted molar refractivity (Wildman–Crippen MR) is 83.1 cm³/mol. The maximum atomic E-state index is 11.4. The Morgan fingerprint density at radius 3 is 2.30 bits per heavy atom. The average Bonchev–Trinajstić information content (AvgIpc) is 2.33. The normalized spacial score (nSPS) is 11.0. The van der Waals surface area contributed by atoms with Gasteiger partial charge in [0.05, 0.1) is 0 Å². The topological polar surface area (TPSA) is 50.4 Å². The number of hydrogen-bond acceptors (Lipinski definition) is 3. The Hall–Kier alpha value is -1.71. The molecule has 0 aliphatic heterocycles. The first kappa shape index (κ1) is 16.3. The van der Waals surface area contributed by atoms with E-state index in [9.17, 15) is 4.79 Å². The van der Waals surface area contributed by atoms with Crippen LogP contribution in [0.3, 0.4) is 0 Å². The number of ether oxygens (including phenoxy) is 1. The molecule has 0 aliphatic rings. The standard InChI is InChI=1S/C16H26N2O2/c1-13-7-9-14(10-8-13)17-11-5-6-12-18-15(19)20-16(2,3)4/h7-10,17H,5-6,11-12H2,1-4H3,(H,18,19). The molecule has 0 radical (unpaired) electrons. The van der Waals surface area contributed by atoms with Gasteiger partial charge in [0, 0.05) is 18.8 Å². The van der Waals surface area contributed by atoms with Crippen molar-refractivity contribution < 1.29 is 9.53 Å². The van der Waals surface area contributed by atoms with Crippen molar-refractivity contribution in [3.05, 3.63) is 29.8 Å². The lowest BCUT2D eigenvalue weighted by Crippen LogP contribution is -2.33. The first-order valence-corrected chi connectivity index (χ1v) is 7.14. The molecule has 0 aliphatic carbocycles. The fourth-order valence-corrected chi connectivity index (χ4v) is 1.66. The highest BCUT2D eigenvalue weighted by Gasteiger charge is 2.15. The number of unbranched alkanes of at least 4 members (excludes halogenated alkanes) is 1. The largest absolute Gasteiger partial charge is 0.444 e. The van der Waals surface area contributed by atoms with Gasteiger partial charge in [0.1, 0.15) is 5.60 Å². The van der Waals surface area contributed by atoms with E-state index >= 15 is 0 Å². The Kier molecular flexibility index (Phi) is 6.36. The first-order chi connectivity index (χ1) is 9.37. The number of rotatable bonds is 6. The van der Waals surface area contributed by atoms with Gasteiger partial charge in [-0.1, -0.05) is 17.7 Å². The van der Waals surface area contributed by atoms with Crippen LogP contribution in [0.2, 0.25) is 0 Å². The maximum Gasteiger partial charge on any atom is 0.407 e. The molecule has 0 bridgehead atoms. The van der Waals surface area contributed by atoms with Crippen molar-refractivity contribution in [3.63, 3.8) is 0 Å². The molecule has 0 atom stereocenters. The number of carbonyl (C=O) groups is 1. The lowest BCUT2D eigenvalue weighted by atomic mass is 10.2. The highest BCUT2D eigenvalue weighted by Crippen LogP contribution is 2.08. The van der Waals surface area contributed by atoms with Crippen molar-refractivity contribution in [3.8, 4) is 0 Å². The van der Waals surface area contributed by atoms with Crippen molar-refractivity contribution >= 4 is 11.8 Å². The molecule has 0 aromatic heterocycles. The molecule has 2 N–H and O–H groups in total. The molecule has 20 heavy (non-hydrogen) atoms. The molecule has 0 fully saturated rings. The second kappa shape index (κ2) is 7.78. The molecule has 112 valence electrons. The molecule has 4 heteroatoms. The number of alkyl carbamates (subject to hydrolysis) is 1. The zero-order valence-corrected chi connectivity index (χ0v) is 13.0. The van der Waals surface area contributed by atoms with Gasteiger partial charge in [0.2, 0.25) is 0 Å². The molecule has 0 spiro atoms. The summed E-state index contributed by atoms with van der Waals surface area (Å²) >= 11 is 0. The zero-order chi connectivity index (χ0) is 15.0. The molecule has 1 rings (SSSR count). The number of anilines is 1. The van der Waals surface area contributed by atoms with Crippen molar-refractivity contribution in [1.29, 1.82) is 0 Å². The second-order valence-electron chi connectivity index (χ2n) is 5.93. The van der Waals surface area contributed by atoms with Crippen molar-refractivity contribution in [1.82, 2.24) is 5.32 Å². The van der Waals surface area contributed by atoms with Crippen LogP contribution in [0.15, 0.2) is 24.3 Å². The minimum absolute atomic E-state index is 0.344. The van der Waals surface area contributed by atoms with Crippen LogP contribution in [-0.2, 0) is 4.74 Å². The van der Waals surface area contributed by atoms with Gasteiger partial charge in [-0.2, -0.15) is 0 Å². The van der Waals surface area contributed by atoms with Crippen LogP contribution in [0.25, 0.3) is 0 Å². The molecule has 1 amide bonds. The minimum atomic E-state index is -0.433. The fourth-order valence-electron chi connectivity index (χ4n) is 1.66. The Bertz CT molecular complexity index is 407. The van der Waals surface area contributed by atoms with E-state index in [4.69, 9.17) is 4.74 Å². The molecule has 0 unspecified atom stereocenters. The van der Waals surface area contributed by atoms with E-state index in [1.54, 1.807) is 0 Å². The Balaban J connectivity index is 2.05. The monoisotopic (exact) mass is 278 g/mol. The Morgan fingerprint density at radius 1 is 1.10 bits per heavy atom. The van der Waals surface area contributed by atoms with Gasteiger partial charge in [-0.25, -0.2) is 4.79 Å². The van der Waals surface area contributed by atoms with Crippen LogP contribution in [0.4, 0.5) is 10.5 Å². The van der Waals surface area contributed by atoms with E-state index in [1.165, 1.54) is 5.56 Å². The number of aryl methyl sites for hydroxylation is 1. The van der Waals surface area contributed by atoms with E-state index < -0.39 is 5.60 Å². The van der Waals surface area contributed by atoms with Gasteiger partial charge >= 0.3 is 6.09 Å². The van der Waals surface area contributed by atoms with Crippen LogP contribution >= 0.6 is 0 Å². The summed E-state index contributed by atoms with van der Waals surface area (Å²) in [4.78, 5) is 11.4. The quantitative estimate of drug-likeness (QED) is 0.780. The molecule has 0 saturated carbocycles. The van der Waals surface area contributed by atoms with E-state index in [-0.39, 0.29) is 6.09 Å². The highest BCUT2D eigenvalue weighted by atomic mass is 16.6. The number of benzene rings is 1. The van der Waals surface area contributed by atoms with Crippen LogP contribution in [0.1, 0.15) is 39.2 Å². The van der Waals surface area contributed by atoms with Crippen molar-refractivity contribution in [2.45, 2.75) is 46.1 Å². The molecule has 4 nitrogen and oxygen atoms in total. The fraction of sp³-hybridized carbons (Fsp3) is 0.562. The number of carbonyl (C=O) groups excluding carboxylic acids is 1. The molecule has 1 aromatic carbocycles. The van der Waals surface area contributed by atoms with Crippen LogP contribution < -0.4 is 10.6 Å². The third-order valence-electron chi connectivity index (χ3n) is 2.65. The highest BCUT2D eigenvalue weighted by molar-refractivity contribution is 5.67. The summed E-state index contributed by atoms with van der Waals surface area (Å²) in [6.45, 7) is 9.20. The van der Waals surface area contributed by atoms with Gasteiger partial charge in [0.25, 0.3) is 0 Å². The number of amides is 1. The van der Waals surface area contributed by atoms with Gasteiger partial charge in [-0.3, -0.25) is 0 Å². The lowest BCUT2D eigenvalue weighted by Gasteiger charge is -2.19. The minimum Gasteiger partial charge on any atom is -0.444 e. The van der Waals surface area contributed by atoms with Gasteiger partial charge in [0.15, 0.2) is 0 Å². The molecular formula is C16H26N2O2. The summed E-state index contributed by atoms with van der Waals surface area (Å²) in [5, 5.41) is 6.11. The SMILES string of the molecule is Cc1ccc(NCCCCNC(=O)OC(C)(C)C)cc1. The summed E-state index contributed by atoms with van der Waals surface area (Å²) in [6, 6.07) is 8.33. The second-order valence-corrected chi connectivity index (χ2v) is 5.93. The molecular weight excluding hydrogens is 252 g/mol. The van der Waals surface area contributed by atoms with E-state index in [1.807, 2.05) is 20.8 Å². The van der Waals surface area contributed by atoms with Crippen LogP contribution in [0.5, 0.6) is 0 Å². The van der Waals surface area contributed by atoms with E-state index in [2.05, 4.69) is 41.8 Å². The number of hydrogen-bond donors (Lipinski definition) is 2. The predicted octanol–water partition coefficient (Wildman–Crippen LogP) is 3.71. The van der Waals surface area contributed by atoms with Gasteiger partial charge in [-0.15, -0.1) is 0 Å². The molecule has 1 aromatic rings. The third-order valence-corrected chi connectivity index (χ3v) is 2.65. The Labute approximate surface area is 121 Å². The Morgan fingerprint density at radius 2 is 1.70 bits per heavy atom. The first-order valence-electron chi connectivity index (χ1n) is 7.14. The van der Waals surface area contributed by atoms with Gasteiger partial charge < -0.3 is 15.4 Å². The summed E-state index contributed by atoms with van der Waals surface area (Å²) in [5.74, 6) is 0. The maximum absolute atomic E-state index is 11.4. The van der Waals surface area contributed by atoms with E-state index in [0.29, 0.717) is 6.54 Å². The van der Waals surface area contributed by atoms with Crippen molar-refractivity contribution in [2.24, 2.45) is 0 Å².